The van der Waals surface area contributed by atoms with Gasteiger partial charge < -0.3 is 15.3 Å². The molecular weight excluding hydrogens is 429 g/mol. The molecule has 0 spiro atoms. The topological polar surface area (TPSA) is 55.8 Å². The molecule has 2 N–H and O–H groups in total. The largest absolute Gasteiger partial charge is 0.394 e. The summed E-state index contributed by atoms with van der Waals surface area (Å²) in [7, 11) is 3.50. The van der Waals surface area contributed by atoms with E-state index in [0.29, 0.717) is 17.7 Å². The third-order valence-electron chi connectivity index (χ3n) is 7.15. The monoisotopic (exact) mass is 459 g/mol. The number of nitrogens with zero attached hydrogens (tertiary/aromatic N) is 2. The number of hydrogen-bond donors (Lipinski definition) is 2. The zero-order valence-electron chi connectivity index (χ0n) is 19.5. The van der Waals surface area contributed by atoms with Crippen molar-refractivity contribution in [3.63, 3.8) is 0 Å². The van der Waals surface area contributed by atoms with Crippen molar-refractivity contribution in [3.8, 4) is 11.1 Å². The first kappa shape index (κ1) is 22.6. The third kappa shape index (κ3) is 4.08. The molecular formula is C28H30FN3O2. The Balaban J connectivity index is 1.53. The number of benzene rings is 3. The number of rotatable bonds is 5. The number of anilines is 1. The fraction of sp³-hybridized carbons (Fsp3) is 0.321. The van der Waals surface area contributed by atoms with Crippen LogP contribution in [-0.2, 0) is 6.54 Å². The molecule has 0 aromatic heterocycles. The standard InChI is InChI=1S/C28H30FN3O2/c1-31(2)28(34)20-8-5-7-18(14-20)19-10-11-25-23(15-19)27-22(26(17-33)30-25)12-13-32(27)16-21-6-3-4-9-24(21)29/h3-11,14-15,22,26-27,30,33H,12-13,16-17H2,1-2H3/t22-,26-,27-/m1/s1. The second-order valence-corrected chi connectivity index (χ2v) is 9.48. The van der Waals surface area contributed by atoms with Gasteiger partial charge >= 0.3 is 0 Å². The van der Waals surface area contributed by atoms with E-state index in [9.17, 15) is 14.3 Å². The maximum absolute atomic E-state index is 14.4. The van der Waals surface area contributed by atoms with Gasteiger partial charge in [-0.05, 0) is 60.0 Å². The molecule has 0 bridgehead atoms. The smallest absolute Gasteiger partial charge is 0.253 e. The summed E-state index contributed by atoms with van der Waals surface area (Å²) in [5.74, 6) is 0.0234. The molecule has 2 heterocycles. The van der Waals surface area contributed by atoms with Crippen LogP contribution < -0.4 is 5.32 Å². The van der Waals surface area contributed by atoms with E-state index in [4.69, 9.17) is 0 Å². The lowest BCUT2D eigenvalue weighted by molar-refractivity contribution is 0.0827. The van der Waals surface area contributed by atoms with E-state index in [2.05, 4.69) is 28.4 Å². The molecule has 2 aliphatic heterocycles. The highest BCUT2D eigenvalue weighted by Crippen LogP contribution is 2.48. The number of carbonyl (C=O) groups is 1. The predicted molar refractivity (Wildman–Crippen MR) is 132 cm³/mol. The number of halogens is 1. The van der Waals surface area contributed by atoms with Crippen LogP contribution in [0.5, 0.6) is 0 Å². The molecule has 0 radical (unpaired) electrons. The van der Waals surface area contributed by atoms with E-state index in [1.54, 1.807) is 25.1 Å². The molecule has 5 nitrogen and oxygen atoms in total. The summed E-state index contributed by atoms with van der Waals surface area (Å²) in [4.78, 5) is 16.4. The Labute approximate surface area is 199 Å². The van der Waals surface area contributed by atoms with Gasteiger partial charge in [0.1, 0.15) is 5.82 Å². The average molecular weight is 460 g/mol. The van der Waals surface area contributed by atoms with Crippen molar-refractivity contribution in [2.45, 2.75) is 25.0 Å². The van der Waals surface area contributed by atoms with Gasteiger partial charge in [0.25, 0.3) is 5.91 Å². The molecule has 0 unspecified atom stereocenters. The molecule has 3 aromatic carbocycles. The van der Waals surface area contributed by atoms with Gasteiger partial charge in [0, 0.05) is 49.4 Å². The Morgan fingerprint density at radius 1 is 1.09 bits per heavy atom. The highest BCUT2D eigenvalue weighted by Gasteiger charge is 2.44. The quantitative estimate of drug-likeness (QED) is 0.588. The van der Waals surface area contributed by atoms with E-state index < -0.39 is 0 Å². The summed E-state index contributed by atoms with van der Waals surface area (Å²) >= 11 is 0. The van der Waals surface area contributed by atoms with Gasteiger partial charge in [-0.3, -0.25) is 9.69 Å². The number of amides is 1. The van der Waals surface area contributed by atoms with Crippen LogP contribution in [0.4, 0.5) is 10.1 Å². The SMILES string of the molecule is CN(C)C(=O)c1cccc(-c2ccc3c(c2)[C@H]2[C@H](CCN2Cc2ccccc2F)[C@@H](CO)N3)c1. The minimum atomic E-state index is -0.185. The first-order chi connectivity index (χ1) is 16.5. The van der Waals surface area contributed by atoms with Crippen LogP contribution in [0.2, 0.25) is 0 Å². The number of aliphatic hydroxyl groups is 1. The number of carbonyl (C=O) groups excluding carboxylic acids is 1. The Morgan fingerprint density at radius 2 is 1.88 bits per heavy atom. The fourth-order valence-corrected chi connectivity index (χ4v) is 5.45. The second kappa shape index (κ2) is 9.20. The van der Waals surface area contributed by atoms with Crippen LogP contribution in [0.25, 0.3) is 11.1 Å². The zero-order valence-corrected chi connectivity index (χ0v) is 19.5. The minimum absolute atomic E-state index is 0.0285. The summed E-state index contributed by atoms with van der Waals surface area (Å²) in [5, 5.41) is 13.6. The first-order valence-corrected chi connectivity index (χ1v) is 11.8. The second-order valence-electron chi connectivity index (χ2n) is 9.48. The van der Waals surface area contributed by atoms with Gasteiger partial charge in [-0.15, -0.1) is 0 Å². The van der Waals surface area contributed by atoms with E-state index in [0.717, 1.165) is 35.3 Å². The molecule has 3 aromatic rings. The van der Waals surface area contributed by atoms with Crippen LogP contribution in [0.1, 0.15) is 33.9 Å². The van der Waals surface area contributed by atoms with Gasteiger partial charge in [-0.2, -0.15) is 0 Å². The number of fused-ring (bicyclic) bond motifs is 3. The normalized spacial score (nSPS) is 21.5. The molecule has 176 valence electrons. The van der Waals surface area contributed by atoms with Gasteiger partial charge in [0.15, 0.2) is 0 Å². The molecule has 1 fully saturated rings. The molecule has 1 saturated heterocycles. The lowest BCUT2D eigenvalue weighted by Crippen LogP contribution is -2.41. The van der Waals surface area contributed by atoms with Gasteiger partial charge in [0.2, 0.25) is 0 Å². The maximum atomic E-state index is 14.4. The minimum Gasteiger partial charge on any atom is -0.394 e. The highest BCUT2D eigenvalue weighted by molar-refractivity contribution is 5.95. The molecule has 2 aliphatic rings. The summed E-state index contributed by atoms with van der Waals surface area (Å²) in [5.41, 5.74) is 5.52. The summed E-state index contributed by atoms with van der Waals surface area (Å²) in [6.07, 6.45) is 0.938. The number of nitrogens with one attached hydrogen (secondary N) is 1. The molecule has 0 saturated carbocycles. The van der Waals surface area contributed by atoms with Crippen molar-refractivity contribution in [3.05, 3.63) is 89.2 Å². The number of aliphatic hydroxyl groups excluding tert-OH is 1. The third-order valence-corrected chi connectivity index (χ3v) is 7.15. The van der Waals surface area contributed by atoms with Crippen molar-refractivity contribution in [1.82, 2.24) is 9.80 Å². The number of hydrogen-bond acceptors (Lipinski definition) is 4. The predicted octanol–water partition coefficient (Wildman–Crippen LogP) is 4.54. The van der Waals surface area contributed by atoms with E-state index in [1.165, 1.54) is 6.07 Å². The van der Waals surface area contributed by atoms with Crippen molar-refractivity contribution in [2.75, 3.05) is 32.6 Å². The average Bonchev–Trinajstić information content (AvgIpc) is 3.28. The maximum Gasteiger partial charge on any atom is 0.253 e. The van der Waals surface area contributed by atoms with Gasteiger partial charge in [-0.25, -0.2) is 4.39 Å². The summed E-state index contributed by atoms with van der Waals surface area (Å²) < 4.78 is 14.4. The van der Waals surface area contributed by atoms with E-state index >= 15 is 0 Å². The fourth-order valence-electron chi connectivity index (χ4n) is 5.45. The van der Waals surface area contributed by atoms with E-state index in [-0.39, 0.29) is 36.3 Å². The Morgan fingerprint density at radius 3 is 2.65 bits per heavy atom. The van der Waals surface area contributed by atoms with Crippen LogP contribution in [0.3, 0.4) is 0 Å². The molecule has 3 atom stereocenters. The summed E-state index contributed by atoms with van der Waals surface area (Å²) in [6, 6.07) is 21.0. The van der Waals surface area contributed by atoms with Crippen molar-refractivity contribution >= 4 is 11.6 Å². The summed E-state index contributed by atoms with van der Waals surface area (Å²) in [6.45, 7) is 1.44. The van der Waals surface area contributed by atoms with Crippen molar-refractivity contribution in [2.24, 2.45) is 5.92 Å². The molecule has 5 rings (SSSR count). The lowest BCUT2D eigenvalue weighted by Gasteiger charge is -2.39. The zero-order chi connectivity index (χ0) is 23.8. The molecule has 1 amide bonds. The van der Waals surface area contributed by atoms with Crippen molar-refractivity contribution < 1.29 is 14.3 Å². The van der Waals surface area contributed by atoms with Crippen molar-refractivity contribution in [1.29, 1.82) is 0 Å². The molecule has 6 heteroatoms. The van der Waals surface area contributed by atoms with Crippen LogP contribution in [0.15, 0.2) is 66.7 Å². The van der Waals surface area contributed by atoms with Gasteiger partial charge in [0.05, 0.1) is 12.6 Å². The van der Waals surface area contributed by atoms with E-state index in [1.807, 2.05) is 36.4 Å². The van der Waals surface area contributed by atoms with Gasteiger partial charge in [-0.1, -0.05) is 36.4 Å². The Hall–Kier alpha value is -3.22. The number of likely N-dealkylation sites (tertiary alicyclic amines) is 1. The molecule has 0 aliphatic carbocycles. The van der Waals surface area contributed by atoms with Crippen LogP contribution >= 0.6 is 0 Å². The highest BCUT2D eigenvalue weighted by atomic mass is 19.1. The van der Waals surface area contributed by atoms with Crippen LogP contribution in [0, 0.1) is 11.7 Å². The Kier molecular flexibility index (Phi) is 6.11. The first-order valence-electron chi connectivity index (χ1n) is 11.8. The molecule has 34 heavy (non-hydrogen) atoms. The Bertz CT molecular complexity index is 1210. The van der Waals surface area contributed by atoms with Crippen LogP contribution in [-0.4, -0.2) is 54.1 Å². The lowest BCUT2D eigenvalue weighted by atomic mass is 9.82.